The van der Waals surface area contributed by atoms with Crippen molar-refractivity contribution in [1.82, 2.24) is 5.01 Å². The minimum atomic E-state index is -4.32. The second kappa shape index (κ2) is 2.09. The van der Waals surface area contributed by atoms with Gasteiger partial charge >= 0.3 is 6.18 Å². The molecule has 0 atom stereocenters. The van der Waals surface area contributed by atoms with E-state index in [1.807, 2.05) is 0 Å². The van der Waals surface area contributed by atoms with Gasteiger partial charge in [-0.3, -0.25) is 0 Å². The fraction of sp³-hybridized carbons (Fsp3) is 0.400. The van der Waals surface area contributed by atoms with Crippen molar-refractivity contribution < 1.29 is 13.2 Å². The average molecular weight is 150 g/mol. The van der Waals surface area contributed by atoms with E-state index < -0.39 is 11.9 Å². The van der Waals surface area contributed by atoms with Crippen LogP contribution in [-0.4, -0.2) is 18.9 Å². The van der Waals surface area contributed by atoms with Crippen LogP contribution in [0.5, 0.6) is 0 Å². The quantitative estimate of drug-likeness (QED) is 0.462. The first-order chi connectivity index (χ1) is 4.50. The van der Waals surface area contributed by atoms with Crippen molar-refractivity contribution in [2.45, 2.75) is 6.18 Å². The lowest BCUT2D eigenvalue weighted by Crippen LogP contribution is -2.20. The molecule has 0 fully saturated rings. The molecule has 0 bridgehead atoms. The highest BCUT2D eigenvalue weighted by molar-refractivity contribution is 6.00. The molecule has 1 aliphatic heterocycles. The fourth-order valence-electron chi connectivity index (χ4n) is 0.566. The summed E-state index contributed by atoms with van der Waals surface area (Å²) in [5.41, 5.74) is -0.852. The molecular formula is C5H5F3N2+. The summed E-state index contributed by atoms with van der Waals surface area (Å²) in [5.74, 6) is 0. The third kappa shape index (κ3) is 1.36. The highest BCUT2D eigenvalue weighted by Crippen LogP contribution is 2.20. The molecule has 1 rings (SSSR count). The van der Waals surface area contributed by atoms with E-state index in [1.165, 1.54) is 13.2 Å². The summed E-state index contributed by atoms with van der Waals surface area (Å²) in [4.78, 5) is 0. The van der Waals surface area contributed by atoms with Crippen molar-refractivity contribution in [2.24, 2.45) is 5.10 Å². The molecule has 0 amide bonds. The van der Waals surface area contributed by atoms with E-state index in [0.717, 1.165) is 11.1 Å². The van der Waals surface area contributed by atoms with Crippen LogP contribution >= 0.6 is 0 Å². The third-order valence-electron chi connectivity index (χ3n) is 1.00. The Morgan fingerprint density at radius 1 is 1.50 bits per heavy atom. The molecule has 0 saturated carbocycles. The van der Waals surface area contributed by atoms with Gasteiger partial charge in [0.25, 0.3) is 0 Å². The molecule has 2 nitrogen and oxygen atoms in total. The van der Waals surface area contributed by atoms with Gasteiger partial charge in [0.1, 0.15) is 7.05 Å². The lowest BCUT2D eigenvalue weighted by molar-refractivity contribution is -0.0579. The maximum absolute atomic E-state index is 11.7. The van der Waals surface area contributed by atoms with Crippen molar-refractivity contribution >= 4 is 5.71 Å². The van der Waals surface area contributed by atoms with E-state index in [9.17, 15) is 13.2 Å². The highest BCUT2D eigenvalue weighted by Gasteiger charge is 2.39. The fourth-order valence-corrected chi connectivity index (χ4v) is 0.566. The molecule has 0 aromatic rings. The van der Waals surface area contributed by atoms with E-state index in [1.54, 1.807) is 0 Å². The summed E-state index contributed by atoms with van der Waals surface area (Å²) < 4.78 is 35.2. The van der Waals surface area contributed by atoms with Crippen LogP contribution < -0.4 is 5.01 Å². The van der Waals surface area contributed by atoms with Gasteiger partial charge in [0.15, 0.2) is 6.20 Å². The number of alkyl halides is 3. The van der Waals surface area contributed by atoms with Crippen LogP contribution in [-0.2, 0) is 0 Å². The Kier molecular flexibility index (Phi) is 1.52. The monoisotopic (exact) mass is 150 g/mol. The number of nitrogens with zero attached hydrogens (tertiary/aromatic N) is 2. The predicted molar refractivity (Wildman–Crippen MR) is 30.7 cm³/mol. The Bertz CT molecular complexity index is 192. The Morgan fingerprint density at radius 2 is 2.10 bits per heavy atom. The standard InChI is InChI=1S/C5H5F3N2/c1-10-3-2-4(9-10)5(6,7)8/h2-3H,1H3/q+1. The van der Waals surface area contributed by atoms with Gasteiger partial charge < -0.3 is 0 Å². The maximum atomic E-state index is 11.7. The Hall–Kier alpha value is -0.840. The second-order valence-corrected chi connectivity index (χ2v) is 1.87. The minimum absolute atomic E-state index is 0.852. The topological polar surface area (TPSA) is 18.3 Å². The van der Waals surface area contributed by atoms with Crippen molar-refractivity contribution in [2.75, 3.05) is 7.05 Å². The average Bonchev–Trinajstić information content (AvgIpc) is 2.11. The summed E-state index contributed by atoms with van der Waals surface area (Å²) >= 11 is 0. The Labute approximate surface area is 55.6 Å². The normalized spacial score (nSPS) is 19.8. The number of hydrogen-bond acceptors (Lipinski definition) is 2. The molecule has 0 unspecified atom stereocenters. The number of halogens is 3. The Morgan fingerprint density at radius 3 is 2.30 bits per heavy atom. The molecule has 0 aromatic heterocycles. The van der Waals surface area contributed by atoms with Gasteiger partial charge in [-0.2, -0.15) is 13.2 Å². The molecule has 5 heteroatoms. The number of allylic oxidation sites excluding steroid dienone is 1. The minimum Gasteiger partial charge on any atom is -0.164 e. The van der Waals surface area contributed by atoms with E-state index in [4.69, 9.17) is 0 Å². The van der Waals surface area contributed by atoms with Crippen LogP contribution in [0, 0.1) is 0 Å². The zero-order valence-electron chi connectivity index (χ0n) is 5.18. The number of hydrogen-bond donors (Lipinski definition) is 0. The molecule has 0 aliphatic carbocycles. The van der Waals surface area contributed by atoms with Gasteiger partial charge in [-0.25, -0.2) is 0 Å². The number of rotatable bonds is 0. The van der Waals surface area contributed by atoms with Crippen molar-refractivity contribution in [3.8, 4) is 0 Å². The molecule has 0 spiro atoms. The molecular weight excluding hydrogens is 145 g/mol. The van der Waals surface area contributed by atoms with E-state index in [2.05, 4.69) is 5.10 Å². The van der Waals surface area contributed by atoms with Gasteiger partial charge in [-0.15, -0.1) is 0 Å². The predicted octanol–water partition coefficient (Wildman–Crippen LogP) is 1.20. The Balaban J connectivity index is 2.78. The first kappa shape index (κ1) is 7.27. The molecule has 1 heterocycles. The van der Waals surface area contributed by atoms with Crippen molar-refractivity contribution in [3.05, 3.63) is 12.3 Å². The van der Waals surface area contributed by atoms with Crippen LogP contribution in [0.25, 0.3) is 0 Å². The molecule has 55 valence electrons. The molecule has 10 heavy (non-hydrogen) atoms. The molecule has 0 saturated heterocycles. The van der Waals surface area contributed by atoms with Crippen LogP contribution in [0.2, 0.25) is 0 Å². The maximum Gasteiger partial charge on any atom is 0.439 e. The summed E-state index contributed by atoms with van der Waals surface area (Å²) in [7, 11) is 1.44. The smallest absolute Gasteiger partial charge is 0.164 e. The molecule has 1 radical (unpaired) electrons. The van der Waals surface area contributed by atoms with Crippen LogP contribution in [0.3, 0.4) is 0 Å². The highest BCUT2D eigenvalue weighted by atomic mass is 19.4. The van der Waals surface area contributed by atoms with Crippen LogP contribution in [0.1, 0.15) is 0 Å². The third-order valence-corrected chi connectivity index (χ3v) is 1.00. The molecule has 0 N–H and O–H groups in total. The van der Waals surface area contributed by atoms with Crippen LogP contribution in [0.4, 0.5) is 13.2 Å². The van der Waals surface area contributed by atoms with Gasteiger partial charge in [-0.1, -0.05) is 0 Å². The van der Waals surface area contributed by atoms with Gasteiger partial charge in [0.05, 0.1) is 0 Å². The summed E-state index contributed by atoms with van der Waals surface area (Å²) in [6.07, 6.45) is -2.13. The first-order valence-corrected chi connectivity index (χ1v) is 2.57. The van der Waals surface area contributed by atoms with E-state index >= 15 is 0 Å². The summed E-state index contributed by atoms with van der Waals surface area (Å²) in [5, 5.41) is 4.29. The first-order valence-electron chi connectivity index (χ1n) is 2.57. The lowest BCUT2D eigenvalue weighted by Gasteiger charge is -1.98. The zero-order valence-corrected chi connectivity index (χ0v) is 5.18. The van der Waals surface area contributed by atoms with Crippen molar-refractivity contribution in [1.29, 1.82) is 0 Å². The van der Waals surface area contributed by atoms with Crippen molar-refractivity contribution in [3.63, 3.8) is 0 Å². The lowest BCUT2D eigenvalue weighted by atomic mass is 10.4. The van der Waals surface area contributed by atoms with Gasteiger partial charge in [-0.05, 0) is 10.1 Å². The zero-order chi connectivity index (χ0) is 7.78. The van der Waals surface area contributed by atoms with E-state index in [0.29, 0.717) is 0 Å². The largest absolute Gasteiger partial charge is 0.439 e. The summed E-state index contributed by atoms with van der Waals surface area (Å²) in [6.45, 7) is 0. The van der Waals surface area contributed by atoms with Crippen LogP contribution in [0.15, 0.2) is 17.4 Å². The van der Waals surface area contributed by atoms with Gasteiger partial charge in [0.2, 0.25) is 5.71 Å². The second-order valence-electron chi connectivity index (χ2n) is 1.87. The molecule has 0 aromatic carbocycles. The van der Waals surface area contributed by atoms with Gasteiger partial charge in [0, 0.05) is 6.08 Å². The number of hydrazone groups is 1. The summed E-state index contributed by atoms with van der Waals surface area (Å²) in [6, 6.07) is 0. The molecule has 1 aliphatic rings. The SMILES string of the molecule is C[N+]1C=CC(C(F)(F)F)=N1. The van der Waals surface area contributed by atoms with E-state index in [-0.39, 0.29) is 0 Å².